The van der Waals surface area contributed by atoms with Crippen LogP contribution in [0.3, 0.4) is 0 Å². The van der Waals surface area contributed by atoms with E-state index in [1.165, 1.54) is 11.1 Å². The van der Waals surface area contributed by atoms with E-state index in [9.17, 15) is 10.1 Å². The lowest BCUT2D eigenvalue weighted by Crippen LogP contribution is -2.40. The Hall–Kier alpha value is -2.87. The van der Waals surface area contributed by atoms with Gasteiger partial charge in [-0.15, -0.1) is 0 Å². The van der Waals surface area contributed by atoms with E-state index in [4.69, 9.17) is 0 Å². The summed E-state index contributed by atoms with van der Waals surface area (Å²) in [5.41, 5.74) is 3.92. The molecule has 1 N–H and O–H groups in total. The van der Waals surface area contributed by atoms with E-state index in [0.717, 1.165) is 31.6 Å². The number of hydrogen-bond donors (Lipinski definition) is 1. The average molecular weight is 348 g/mol. The molecule has 2 heterocycles. The molecule has 5 heteroatoms. The van der Waals surface area contributed by atoms with Crippen molar-refractivity contribution in [3.63, 3.8) is 0 Å². The highest BCUT2D eigenvalue weighted by atomic mass is 16.1. The van der Waals surface area contributed by atoms with Gasteiger partial charge in [0.25, 0.3) is 0 Å². The number of anilines is 1. The summed E-state index contributed by atoms with van der Waals surface area (Å²) in [6, 6.07) is 12.4. The van der Waals surface area contributed by atoms with Crippen LogP contribution in [0.15, 0.2) is 42.7 Å². The highest BCUT2D eigenvalue weighted by Crippen LogP contribution is 2.23. The summed E-state index contributed by atoms with van der Waals surface area (Å²) in [6.07, 6.45) is 4.92. The number of benzene rings is 1. The van der Waals surface area contributed by atoms with Crippen molar-refractivity contribution in [2.75, 3.05) is 18.0 Å². The van der Waals surface area contributed by atoms with Crippen molar-refractivity contribution in [1.29, 1.82) is 5.26 Å². The lowest BCUT2D eigenvalue weighted by molar-refractivity contribution is -0.125. The number of nitrogens with zero attached hydrogens (tertiary/aromatic N) is 3. The van der Waals surface area contributed by atoms with E-state index in [1.54, 1.807) is 12.4 Å². The van der Waals surface area contributed by atoms with Gasteiger partial charge in [0.15, 0.2) is 0 Å². The maximum atomic E-state index is 12.6. The minimum absolute atomic E-state index is 0.0688. The number of carbonyl (C=O) groups is 1. The lowest BCUT2D eigenvalue weighted by atomic mass is 9.96. The van der Waals surface area contributed by atoms with Gasteiger partial charge in [-0.05, 0) is 37.0 Å². The molecule has 1 aromatic heterocycles. The van der Waals surface area contributed by atoms with Crippen molar-refractivity contribution in [1.82, 2.24) is 10.3 Å². The summed E-state index contributed by atoms with van der Waals surface area (Å²) in [4.78, 5) is 18.7. The molecule has 2 atom stereocenters. The maximum absolute atomic E-state index is 12.6. The van der Waals surface area contributed by atoms with Crippen LogP contribution in [0.1, 0.15) is 30.0 Å². The van der Waals surface area contributed by atoms with Gasteiger partial charge in [-0.25, -0.2) is 0 Å². The smallest absolute Gasteiger partial charge is 0.223 e. The molecular weight excluding hydrogens is 324 g/mol. The first-order valence-corrected chi connectivity index (χ1v) is 9.02. The summed E-state index contributed by atoms with van der Waals surface area (Å²) in [5, 5.41) is 12.4. The molecular formula is C21H24N4O. The molecule has 0 spiro atoms. The number of nitriles is 1. The Bertz CT molecular complexity index is 827. The zero-order valence-electron chi connectivity index (χ0n) is 15.3. The molecule has 1 aromatic carbocycles. The SMILES string of the molecule is Cc1ccccc1CC(C)C(=O)NC1CCN(c2ccncc2C#N)C1. The minimum Gasteiger partial charge on any atom is -0.368 e. The quantitative estimate of drug-likeness (QED) is 0.902. The van der Waals surface area contributed by atoms with Crippen LogP contribution in [0.2, 0.25) is 0 Å². The molecule has 3 rings (SSSR count). The van der Waals surface area contributed by atoms with Crippen LogP contribution >= 0.6 is 0 Å². The average Bonchev–Trinajstić information content (AvgIpc) is 3.11. The molecule has 0 aliphatic carbocycles. The van der Waals surface area contributed by atoms with Crippen LogP contribution in [0.25, 0.3) is 0 Å². The van der Waals surface area contributed by atoms with E-state index in [1.807, 2.05) is 25.1 Å². The van der Waals surface area contributed by atoms with E-state index >= 15 is 0 Å². The van der Waals surface area contributed by atoms with Gasteiger partial charge >= 0.3 is 0 Å². The molecule has 134 valence electrons. The van der Waals surface area contributed by atoms with Crippen molar-refractivity contribution in [2.24, 2.45) is 5.92 Å². The predicted molar refractivity (Wildman–Crippen MR) is 102 cm³/mol. The number of rotatable bonds is 5. The van der Waals surface area contributed by atoms with Gasteiger partial charge in [0.2, 0.25) is 5.91 Å². The third-order valence-electron chi connectivity index (χ3n) is 5.03. The Morgan fingerprint density at radius 3 is 3.00 bits per heavy atom. The van der Waals surface area contributed by atoms with Crippen LogP contribution < -0.4 is 10.2 Å². The minimum atomic E-state index is -0.0688. The first-order chi connectivity index (χ1) is 12.6. The summed E-state index contributed by atoms with van der Waals surface area (Å²) >= 11 is 0. The number of pyridine rings is 1. The Kier molecular flexibility index (Phi) is 5.52. The second kappa shape index (κ2) is 8.01. The number of aryl methyl sites for hydroxylation is 1. The number of hydrogen-bond acceptors (Lipinski definition) is 4. The van der Waals surface area contributed by atoms with E-state index in [-0.39, 0.29) is 17.9 Å². The van der Waals surface area contributed by atoms with Gasteiger partial charge in [0.05, 0.1) is 11.3 Å². The molecule has 2 aromatic rings. The lowest BCUT2D eigenvalue weighted by Gasteiger charge is -2.21. The second-order valence-corrected chi connectivity index (χ2v) is 6.98. The van der Waals surface area contributed by atoms with Gasteiger partial charge in [-0.2, -0.15) is 5.26 Å². The molecule has 1 amide bonds. The van der Waals surface area contributed by atoms with Crippen molar-refractivity contribution in [2.45, 2.75) is 32.7 Å². The zero-order valence-corrected chi connectivity index (χ0v) is 15.3. The van der Waals surface area contributed by atoms with Crippen molar-refractivity contribution < 1.29 is 4.79 Å². The normalized spacial score (nSPS) is 17.6. The van der Waals surface area contributed by atoms with Gasteiger partial charge in [-0.1, -0.05) is 31.2 Å². The van der Waals surface area contributed by atoms with Gasteiger partial charge in [0, 0.05) is 37.4 Å². The molecule has 5 nitrogen and oxygen atoms in total. The van der Waals surface area contributed by atoms with Crippen molar-refractivity contribution >= 4 is 11.6 Å². The number of aromatic nitrogens is 1. The number of nitrogens with one attached hydrogen (secondary N) is 1. The highest BCUT2D eigenvalue weighted by Gasteiger charge is 2.27. The third kappa shape index (κ3) is 4.02. The first-order valence-electron chi connectivity index (χ1n) is 9.02. The van der Waals surface area contributed by atoms with Crippen molar-refractivity contribution in [3.8, 4) is 6.07 Å². The largest absolute Gasteiger partial charge is 0.368 e. The summed E-state index contributed by atoms with van der Waals surface area (Å²) in [7, 11) is 0. The highest BCUT2D eigenvalue weighted by molar-refractivity contribution is 5.79. The van der Waals surface area contributed by atoms with E-state index in [2.05, 4.69) is 40.3 Å². The fourth-order valence-electron chi connectivity index (χ4n) is 3.45. The van der Waals surface area contributed by atoms with E-state index in [0.29, 0.717) is 5.56 Å². The summed E-state index contributed by atoms with van der Waals surface area (Å²) < 4.78 is 0. The Balaban J connectivity index is 1.57. The fraction of sp³-hybridized carbons (Fsp3) is 0.381. The molecule has 0 saturated carbocycles. The summed E-state index contributed by atoms with van der Waals surface area (Å²) in [6.45, 7) is 5.61. The molecule has 2 unspecified atom stereocenters. The van der Waals surface area contributed by atoms with Gasteiger partial charge < -0.3 is 10.2 Å². The van der Waals surface area contributed by atoms with Crippen molar-refractivity contribution in [3.05, 3.63) is 59.4 Å². The maximum Gasteiger partial charge on any atom is 0.223 e. The molecule has 1 saturated heterocycles. The monoisotopic (exact) mass is 348 g/mol. The summed E-state index contributed by atoms with van der Waals surface area (Å²) in [5.74, 6) is 0.0242. The number of carbonyl (C=O) groups excluding carboxylic acids is 1. The Morgan fingerprint density at radius 1 is 1.42 bits per heavy atom. The first kappa shape index (κ1) is 17.9. The molecule has 1 aliphatic heterocycles. The van der Waals surface area contributed by atoms with Gasteiger partial charge in [0.1, 0.15) is 6.07 Å². The molecule has 1 aliphatic rings. The second-order valence-electron chi connectivity index (χ2n) is 6.98. The molecule has 0 bridgehead atoms. The molecule has 26 heavy (non-hydrogen) atoms. The van der Waals surface area contributed by atoms with Crippen LogP contribution in [0.5, 0.6) is 0 Å². The molecule has 0 radical (unpaired) electrons. The number of amides is 1. The topological polar surface area (TPSA) is 69.0 Å². The van der Waals surface area contributed by atoms with E-state index < -0.39 is 0 Å². The van der Waals surface area contributed by atoms with Crippen LogP contribution in [-0.2, 0) is 11.2 Å². The van der Waals surface area contributed by atoms with Crippen LogP contribution in [0, 0.1) is 24.2 Å². The zero-order chi connectivity index (χ0) is 18.5. The third-order valence-corrected chi connectivity index (χ3v) is 5.03. The van der Waals surface area contributed by atoms with Crippen LogP contribution in [0.4, 0.5) is 5.69 Å². The van der Waals surface area contributed by atoms with Gasteiger partial charge in [-0.3, -0.25) is 9.78 Å². The van der Waals surface area contributed by atoms with Crippen LogP contribution in [-0.4, -0.2) is 30.0 Å². The Labute approximate surface area is 154 Å². The predicted octanol–water partition coefficient (Wildman–Crippen LogP) is 2.84. The fourth-order valence-corrected chi connectivity index (χ4v) is 3.45. The molecule has 1 fully saturated rings. The standard InChI is InChI=1S/C21H24N4O/c1-15-5-3-4-6-17(15)11-16(2)21(26)24-19-8-10-25(14-19)20-7-9-23-13-18(20)12-22/h3-7,9,13,16,19H,8,10-11,14H2,1-2H3,(H,24,26). The Morgan fingerprint density at radius 2 is 2.23 bits per heavy atom.